The van der Waals surface area contributed by atoms with Crippen LogP contribution < -0.4 is 5.56 Å². The second-order valence-electron chi connectivity index (χ2n) is 5.69. The SMILES string of the molecule is CC(C)(O)c1ccc(-c2nc3c(Br)cccc3c(=O)[nH]2)cc1. The van der Waals surface area contributed by atoms with Gasteiger partial charge >= 0.3 is 0 Å². The first kappa shape index (κ1) is 14.9. The van der Waals surface area contributed by atoms with Gasteiger partial charge in [0.15, 0.2) is 0 Å². The van der Waals surface area contributed by atoms with Crippen LogP contribution in [0.1, 0.15) is 19.4 Å². The standard InChI is InChI=1S/C17H15BrN2O2/c1-17(2,22)11-8-6-10(7-9-11)15-19-14-12(16(21)20-15)4-3-5-13(14)18/h3-9,22H,1-2H3,(H,19,20,21). The van der Waals surface area contributed by atoms with E-state index in [0.29, 0.717) is 16.7 Å². The minimum absolute atomic E-state index is 0.173. The van der Waals surface area contributed by atoms with Crippen molar-refractivity contribution in [1.29, 1.82) is 0 Å². The lowest BCUT2D eigenvalue weighted by molar-refractivity contribution is 0.0786. The zero-order chi connectivity index (χ0) is 15.9. The molecule has 0 aliphatic carbocycles. The second-order valence-corrected chi connectivity index (χ2v) is 6.54. The Hall–Kier alpha value is -1.98. The third-order valence-corrected chi connectivity index (χ3v) is 4.19. The molecular weight excluding hydrogens is 344 g/mol. The molecule has 2 aromatic carbocycles. The van der Waals surface area contributed by atoms with E-state index in [1.807, 2.05) is 30.3 Å². The molecule has 1 heterocycles. The molecule has 0 saturated heterocycles. The van der Waals surface area contributed by atoms with Gasteiger partial charge < -0.3 is 10.1 Å². The number of halogens is 1. The molecule has 1 aromatic heterocycles. The van der Waals surface area contributed by atoms with Gasteiger partial charge in [-0.25, -0.2) is 4.98 Å². The minimum Gasteiger partial charge on any atom is -0.386 e. The topological polar surface area (TPSA) is 66.0 Å². The summed E-state index contributed by atoms with van der Waals surface area (Å²) in [6, 6.07) is 12.8. The zero-order valence-corrected chi connectivity index (χ0v) is 13.8. The van der Waals surface area contributed by atoms with Crippen LogP contribution >= 0.6 is 15.9 Å². The Kier molecular flexibility index (Phi) is 3.62. The third-order valence-electron chi connectivity index (χ3n) is 3.55. The normalized spacial score (nSPS) is 11.8. The Morgan fingerprint density at radius 2 is 1.82 bits per heavy atom. The molecule has 3 aromatic rings. The van der Waals surface area contributed by atoms with Crippen molar-refractivity contribution < 1.29 is 5.11 Å². The van der Waals surface area contributed by atoms with Crippen LogP contribution in [-0.2, 0) is 5.60 Å². The molecule has 5 heteroatoms. The van der Waals surface area contributed by atoms with Crippen LogP contribution in [-0.4, -0.2) is 15.1 Å². The lowest BCUT2D eigenvalue weighted by atomic mass is 9.97. The molecule has 0 unspecified atom stereocenters. The number of fused-ring (bicyclic) bond motifs is 1. The summed E-state index contributed by atoms with van der Waals surface area (Å²) in [6.07, 6.45) is 0. The summed E-state index contributed by atoms with van der Waals surface area (Å²) >= 11 is 3.43. The van der Waals surface area contributed by atoms with Crippen LogP contribution in [0.15, 0.2) is 51.7 Å². The molecule has 2 N–H and O–H groups in total. The molecule has 0 atom stereocenters. The Bertz CT molecular complexity index is 893. The quantitative estimate of drug-likeness (QED) is 0.735. The predicted octanol–water partition coefficient (Wildman–Crippen LogP) is 3.58. The molecule has 112 valence electrons. The largest absolute Gasteiger partial charge is 0.386 e. The van der Waals surface area contributed by atoms with Gasteiger partial charge in [0, 0.05) is 10.0 Å². The van der Waals surface area contributed by atoms with Gasteiger partial charge in [-0.15, -0.1) is 0 Å². The summed E-state index contributed by atoms with van der Waals surface area (Å²) in [5.41, 5.74) is 1.16. The van der Waals surface area contributed by atoms with Crippen molar-refractivity contribution >= 4 is 26.8 Å². The molecular formula is C17H15BrN2O2. The van der Waals surface area contributed by atoms with Crippen molar-refractivity contribution in [3.8, 4) is 11.4 Å². The summed E-state index contributed by atoms with van der Waals surface area (Å²) in [6.45, 7) is 3.46. The van der Waals surface area contributed by atoms with E-state index in [9.17, 15) is 9.90 Å². The monoisotopic (exact) mass is 358 g/mol. The van der Waals surface area contributed by atoms with Gasteiger partial charge in [-0.3, -0.25) is 4.79 Å². The average molecular weight is 359 g/mol. The number of aliphatic hydroxyl groups is 1. The maximum absolute atomic E-state index is 12.2. The highest BCUT2D eigenvalue weighted by Crippen LogP contribution is 2.25. The first-order chi connectivity index (χ1) is 10.4. The predicted molar refractivity (Wildman–Crippen MR) is 90.7 cm³/mol. The van der Waals surface area contributed by atoms with Crippen LogP contribution in [0, 0.1) is 0 Å². The molecule has 3 rings (SSSR count). The van der Waals surface area contributed by atoms with Crippen molar-refractivity contribution in [2.75, 3.05) is 0 Å². The van der Waals surface area contributed by atoms with Crippen LogP contribution in [0.4, 0.5) is 0 Å². The number of para-hydroxylation sites is 1. The number of aromatic nitrogens is 2. The second kappa shape index (κ2) is 5.34. The fraction of sp³-hybridized carbons (Fsp3) is 0.176. The van der Waals surface area contributed by atoms with Crippen molar-refractivity contribution in [3.63, 3.8) is 0 Å². The molecule has 0 aliphatic heterocycles. The van der Waals surface area contributed by atoms with Crippen LogP contribution in [0.5, 0.6) is 0 Å². The molecule has 0 spiro atoms. The van der Waals surface area contributed by atoms with E-state index in [-0.39, 0.29) is 5.56 Å². The lowest BCUT2D eigenvalue weighted by Crippen LogP contribution is -2.15. The molecule has 0 aliphatic rings. The highest BCUT2D eigenvalue weighted by Gasteiger charge is 2.16. The number of hydrogen-bond donors (Lipinski definition) is 2. The number of nitrogens with zero attached hydrogens (tertiary/aromatic N) is 1. The molecule has 0 radical (unpaired) electrons. The highest BCUT2D eigenvalue weighted by molar-refractivity contribution is 9.10. The van der Waals surface area contributed by atoms with Crippen LogP contribution in [0.2, 0.25) is 0 Å². The number of nitrogens with one attached hydrogen (secondary N) is 1. The number of rotatable bonds is 2. The van der Waals surface area contributed by atoms with Gasteiger partial charge in [-0.05, 0) is 47.5 Å². The Morgan fingerprint density at radius 3 is 2.45 bits per heavy atom. The van der Waals surface area contributed by atoms with Crippen LogP contribution in [0.3, 0.4) is 0 Å². The summed E-state index contributed by atoms with van der Waals surface area (Å²) in [4.78, 5) is 19.5. The van der Waals surface area contributed by atoms with E-state index in [4.69, 9.17) is 0 Å². The first-order valence-corrected chi connectivity index (χ1v) is 7.67. The molecule has 0 fully saturated rings. The van der Waals surface area contributed by atoms with Crippen molar-refractivity contribution in [2.45, 2.75) is 19.4 Å². The van der Waals surface area contributed by atoms with Crippen LogP contribution in [0.25, 0.3) is 22.3 Å². The molecule has 4 nitrogen and oxygen atoms in total. The fourth-order valence-corrected chi connectivity index (χ4v) is 2.75. The molecule has 22 heavy (non-hydrogen) atoms. The van der Waals surface area contributed by atoms with Gasteiger partial charge in [0.05, 0.1) is 16.5 Å². The third kappa shape index (κ3) is 2.69. The van der Waals surface area contributed by atoms with Gasteiger partial charge in [0.25, 0.3) is 5.56 Å². The minimum atomic E-state index is -0.897. The van der Waals surface area contributed by atoms with Crippen molar-refractivity contribution in [2.24, 2.45) is 0 Å². The Morgan fingerprint density at radius 1 is 1.14 bits per heavy atom. The van der Waals surface area contributed by atoms with Gasteiger partial charge in [-0.1, -0.05) is 30.3 Å². The molecule has 0 saturated carbocycles. The molecule has 0 amide bonds. The van der Waals surface area contributed by atoms with E-state index in [1.54, 1.807) is 26.0 Å². The maximum Gasteiger partial charge on any atom is 0.259 e. The smallest absolute Gasteiger partial charge is 0.259 e. The number of H-pyrrole nitrogens is 1. The lowest BCUT2D eigenvalue weighted by Gasteiger charge is -2.17. The van der Waals surface area contributed by atoms with Crippen molar-refractivity contribution in [1.82, 2.24) is 9.97 Å². The zero-order valence-electron chi connectivity index (χ0n) is 12.2. The van der Waals surface area contributed by atoms with E-state index in [2.05, 4.69) is 25.9 Å². The van der Waals surface area contributed by atoms with Gasteiger partial charge in [-0.2, -0.15) is 0 Å². The maximum atomic E-state index is 12.2. The molecule has 0 bridgehead atoms. The van der Waals surface area contributed by atoms with E-state index in [1.165, 1.54) is 0 Å². The number of aromatic amines is 1. The van der Waals surface area contributed by atoms with Gasteiger partial charge in [0.2, 0.25) is 0 Å². The van der Waals surface area contributed by atoms with E-state index < -0.39 is 5.60 Å². The van der Waals surface area contributed by atoms with Gasteiger partial charge in [0.1, 0.15) is 5.82 Å². The Balaban J connectivity index is 2.15. The summed E-state index contributed by atoms with van der Waals surface area (Å²) in [5.74, 6) is 0.506. The summed E-state index contributed by atoms with van der Waals surface area (Å²) < 4.78 is 0.783. The highest BCUT2D eigenvalue weighted by atomic mass is 79.9. The first-order valence-electron chi connectivity index (χ1n) is 6.88. The summed E-state index contributed by atoms with van der Waals surface area (Å²) in [7, 11) is 0. The van der Waals surface area contributed by atoms with E-state index >= 15 is 0 Å². The Labute approximate surface area is 136 Å². The van der Waals surface area contributed by atoms with E-state index in [0.717, 1.165) is 15.6 Å². The number of hydrogen-bond acceptors (Lipinski definition) is 3. The fourth-order valence-electron chi connectivity index (χ4n) is 2.30. The summed E-state index contributed by atoms with van der Waals surface area (Å²) in [5, 5.41) is 10.5. The average Bonchev–Trinajstić information content (AvgIpc) is 2.47. The van der Waals surface area contributed by atoms with Crippen molar-refractivity contribution in [3.05, 3.63) is 62.9 Å². The number of benzene rings is 2.